The molecular weight excluding hydrogens is 214 g/mol. The molecule has 1 aliphatic carbocycles. The zero-order chi connectivity index (χ0) is 12.8. The van der Waals surface area contributed by atoms with Gasteiger partial charge >= 0.3 is 0 Å². The van der Waals surface area contributed by atoms with Crippen LogP contribution in [0, 0.1) is 11.8 Å². The third kappa shape index (κ3) is 4.28. The molecule has 1 rings (SSSR count). The first-order valence-corrected chi connectivity index (χ1v) is 6.78. The van der Waals surface area contributed by atoms with Gasteiger partial charge in [-0.3, -0.25) is 4.79 Å². The molecule has 3 atom stereocenters. The van der Waals surface area contributed by atoms with E-state index in [1.165, 1.54) is 0 Å². The van der Waals surface area contributed by atoms with Crippen LogP contribution < -0.4 is 11.1 Å². The van der Waals surface area contributed by atoms with Gasteiger partial charge in [0.05, 0.1) is 0 Å². The fourth-order valence-corrected chi connectivity index (χ4v) is 2.43. The van der Waals surface area contributed by atoms with Crippen molar-refractivity contribution in [3.8, 4) is 0 Å². The Morgan fingerprint density at radius 2 is 2.18 bits per heavy atom. The van der Waals surface area contributed by atoms with Crippen LogP contribution in [-0.4, -0.2) is 43.5 Å². The van der Waals surface area contributed by atoms with Crippen molar-refractivity contribution in [3.63, 3.8) is 0 Å². The van der Waals surface area contributed by atoms with Gasteiger partial charge in [0.15, 0.2) is 0 Å². The molecule has 1 saturated carbocycles. The number of nitrogens with zero attached hydrogens (tertiary/aromatic N) is 1. The molecule has 0 aromatic rings. The quantitative estimate of drug-likeness (QED) is 0.749. The summed E-state index contributed by atoms with van der Waals surface area (Å²) in [4.78, 5) is 14.2. The summed E-state index contributed by atoms with van der Waals surface area (Å²) in [6.45, 7) is 6.88. The fraction of sp³-hybridized carbons (Fsp3) is 0.923. The highest BCUT2D eigenvalue weighted by Crippen LogP contribution is 2.28. The van der Waals surface area contributed by atoms with Crippen LogP contribution in [0.1, 0.15) is 33.1 Å². The minimum Gasteiger partial charge on any atom is -0.355 e. The number of nitrogens with two attached hydrogens (primary N) is 1. The topological polar surface area (TPSA) is 58.4 Å². The van der Waals surface area contributed by atoms with E-state index in [1.54, 1.807) is 0 Å². The number of rotatable bonds is 5. The van der Waals surface area contributed by atoms with E-state index >= 15 is 0 Å². The van der Waals surface area contributed by atoms with Gasteiger partial charge < -0.3 is 16.0 Å². The van der Waals surface area contributed by atoms with Crippen molar-refractivity contribution in [2.45, 2.75) is 39.2 Å². The van der Waals surface area contributed by atoms with Gasteiger partial charge in [-0.15, -0.1) is 0 Å². The van der Waals surface area contributed by atoms with Crippen molar-refractivity contribution < 1.29 is 4.79 Å². The van der Waals surface area contributed by atoms with Crippen LogP contribution in [0.25, 0.3) is 0 Å². The van der Waals surface area contributed by atoms with Crippen LogP contribution >= 0.6 is 0 Å². The zero-order valence-electron chi connectivity index (χ0n) is 11.4. The lowest BCUT2D eigenvalue weighted by Crippen LogP contribution is -2.45. The number of hydrogen-bond donors (Lipinski definition) is 2. The molecule has 0 aliphatic heterocycles. The average molecular weight is 241 g/mol. The van der Waals surface area contributed by atoms with E-state index in [0.29, 0.717) is 5.92 Å². The third-order valence-electron chi connectivity index (χ3n) is 4.03. The molecule has 17 heavy (non-hydrogen) atoms. The summed E-state index contributed by atoms with van der Waals surface area (Å²) >= 11 is 0. The maximum absolute atomic E-state index is 12.0. The highest BCUT2D eigenvalue weighted by molar-refractivity contribution is 5.79. The molecule has 0 saturated heterocycles. The van der Waals surface area contributed by atoms with Crippen LogP contribution in [0.15, 0.2) is 0 Å². The molecule has 0 aromatic carbocycles. The maximum atomic E-state index is 12.0. The Labute approximate surface area is 105 Å². The molecule has 1 amide bonds. The van der Waals surface area contributed by atoms with Gasteiger partial charge in [-0.1, -0.05) is 20.3 Å². The minimum absolute atomic E-state index is 0.116. The van der Waals surface area contributed by atoms with Crippen LogP contribution in [0.3, 0.4) is 0 Å². The molecule has 0 radical (unpaired) electrons. The van der Waals surface area contributed by atoms with Gasteiger partial charge in [0.2, 0.25) is 5.91 Å². The van der Waals surface area contributed by atoms with Crippen LogP contribution in [0.4, 0.5) is 0 Å². The monoisotopic (exact) mass is 241 g/mol. The van der Waals surface area contributed by atoms with Crippen molar-refractivity contribution in [2.24, 2.45) is 17.6 Å². The first-order valence-electron chi connectivity index (χ1n) is 6.78. The molecule has 0 aromatic heterocycles. The normalized spacial score (nSPS) is 29.4. The lowest BCUT2D eigenvalue weighted by molar-refractivity contribution is -0.127. The molecule has 4 nitrogen and oxygen atoms in total. The predicted octanol–water partition coefficient (Wildman–Crippen LogP) is 0.818. The highest BCUT2D eigenvalue weighted by atomic mass is 16.1. The van der Waals surface area contributed by atoms with Gasteiger partial charge in [0.1, 0.15) is 0 Å². The maximum Gasteiger partial charge on any atom is 0.223 e. The molecule has 3 N–H and O–H groups in total. The van der Waals surface area contributed by atoms with Crippen LogP contribution in [-0.2, 0) is 4.79 Å². The third-order valence-corrected chi connectivity index (χ3v) is 4.03. The van der Waals surface area contributed by atoms with E-state index in [9.17, 15) is 4.79 Å². The highest BCUT2D eigenvalue weighted by Gasteiger charge is 2.32. The van der Waals surface area contributed by atoms with E-state index < -0.39 is 0 Å². The summed E-state index contributed by atoms with van der Waals surface area (Å²) < 4.78 is 0. The Morgan fingerprint density at radius 3 is 2.82 bits per heavy atom. The summed E-state index contributed by atoms with van der Waals surface area (Å²) in [5.74, 6) is 0.621. The van der Waals surface area contributed by atoms with Crippen LogP contribution in [0.2, 0.25) is 0 Å². The number of amides is 1. The van der Waals surface area contributed by atoms with E-state index in [2.05, 4.69) is 31.1 Å². The summed E-state index contributed by atoms with van der Waals surface area (Å²) in [6.07, 6.45) is 3.13. The molecule has 4 heteroatoms. The summed E-state index contributed by atoms with van der Waals surface area (Å²) in [5, 5.41) is 3.03. The SMILES string of the molecule is CCN(C)CCNC(=O)C1CCCC(N)C1C. The molecule has 3 unspecified atom stereocenters. The molecule has 1 aliphatic rings. The first kappa shape index (κ1) is 14.5. The number of likely N-dealkylation sites (N-methyl/N-ethyl adjacent to an activating group) is 1. The van der Waals surface area contributed by atoms with Crippen LogP contribution in [0.5, 0.6) is 0 Å². The Balaban J connectivity index is 2.31. The standard InChI is InChI=1S/C13H27N3O/c1-4-16(3)9-8-15-13(17)11-6-5-7-12(14)10(11)2/h10-12H,4-9,14H2,1-3H3,(H,15,17). The van der Waals surface area contributed by atoms with E-state index in [4.69, 9.17) is 5.73 Å². The molecule has 0 heterocycles. The van der Waals surface area contributed by atoms with Gasteiger partial charge in [0.25, 0.3) is 0 Å². The predicted molar refractivity (Wildman–Crippen MR) is 70.7 cm³/mol. The van der Waals surface area contributed by atoms with Crippen molar-refractivity contribution in [2.75, 3.05) is 26.7 Å². The van der Waals surface area contributed by atoms with Crippen molar-refractivity contribution >= 4 is 5.91 Å². The Kier molecular flexibility index (Phi) is 5.92. The molecule has 0 spiro atoms. The van der Waals surface area contributed by atoms with Crippen molar-refractivity contribution in [3.05, 3.63) is 0 Å². The Morgan fingerprint density at radius 1 is 1.47 bits per heavy atom. The van der Waals surface area contributed by atoms with Gasteiger partial charge in [-0.2, -0.15) is 0 Å². The number of hydrogen-bond acceptors (Lipinski definition) is 3. The summed E-state index contributed by atoms with van der Waals surface area (Å²) in [5.41, 5.74) is 6.02. The molecular formula is C13H27N3O. The number of nitrogens with one attached hydrogen (secondary N) is 1. The second-order valence-electron chi connectivity index (χ2n) is 5.25. The number of carbonyl (C=O) groups is 1. The summed E-state index contributed by atoms with van der Waals surface area (Å²) in [7, 11) is 2.06. The van der Waals surface area contributed by atoms with Gasteiger partial charge in [-0.25, -0.2) is 0 Å². The zero-order valence-corrected chi connectivity index (χ0v) is 11.4. The van der Waals surface area contributed by atoms with Crippen molar-refractivity contribution in [1.29, 1.82) is 0 Å². The molecule has 1 fully saturated rings. The largest absolute Gasteiger partial charge is 0.355 e. The van der Waals surface area contributed by atoms with E-state index in [1.807, 2.05) is 0 Å². The first-order chi connectivity index (χ1) is 8.06. The second-order valence-corrected chi connectivity index (χ2v) is 5.25. The lowest BCUT2D eigenvalue weighted by atomic mass is 9.77. The Bertz CT molecular complexity index is 245. The van der Waals surface area contributed by atoms with E-state index in [0.717, 1.165) is 38.9 Å². The smallest absolute Gasteiger partial charge is 0.223 e. The molecule has 100 valence electrons. The van der Waals surface area contributed by atoms with Gasteiger partial charge in [0, 0.05) is 25.0 Å². The lowest BCUT2D eigenvalue weighted by Gasteiger charge is -2.33. The fourth-order valence-electron chi connectivity index (χ4n) is 2.43. The average Bonchev–Trinajstić information content (AvgIpc) is 2.32. The van der Waals surface area contributed by atoms with Gasteiger partial charge in [-0.05, 0) is 32.4 Å². The second kappa shape index (κ2) is 6.97. The Hall–Kier alpha value is -0.610. The van der Waals surface area contributed by atoms with Crippen molar-refractivity contribution in [1.82, 2.24) is 10.2 Å². The summed E-state index contributed by atoms with van der Waals surface area (Å²) in [6, 6.07) is 0.192. The van der Waals surface area contributed by atoms with E-state index in [-0.39, 0.29) is 17.9 Å². The number of carbonyl (C=O) groups excluding carboxylic acids is 1. The minimum atomic E-state index is 0.116. The molecule has 0 bridgehead atoms.